The molecule has 7 rings (SSSR count). The molecule has 1 amide bonds. The summed E-state index contributed by atoms with van der Waals surface area (Å²) < 4.78 is 18.5. The van der Waals surface area contributed by atoms with E-state index in [1.54, 1.807) is 0 Å². The predicted molar refractivity (Wildman–Crippen MR) is 207 cm³/mol. The van der Waals surface area contributed by atoms with E-state index < -0.39 is 13.7 Å². The van der Waals surface area contributed by atoms with Crippen LogP contribution >= 0.6 is 11.6 Å². The zero-order valence-electron chi connectivity index (χ0n) is 30.4. The van der Waals surface area contributed by atoms with Crippen LogP contribution in [0.4, 0.5) is 11.4 Å². The number of carbonyl (C=O) groups excluding carboxylic acids is 1. The van der Waals surface area contributed by atoms with Gasteiger partial charge >= 0.3 is 0 Å². The van der Waals surface area contributed by atoms with E-state index >= 15 is 0 Å². The van der Waals surface area contributed by atoms with Crippen LogP contribution in [0.5, 0.6) is 0 Å². The minimum atomic E-state index is -2.13. The van der Waals surface area contributed by atoms with Gasteiger partial charge in [-0.2, -0.15) is 0 Å². The van der Waals surface area contributed by atoms with Crippen molar-refractivity contribution in [3.05, 3.63) is 82.4 Å². The monoisotopic (exact) mass is 715 g/mol. The summed E-state index contributed by atoms with van der Waals surface area (Å²) in [4.78, 5) is 18.5. The first-order valence-electron chi connectivity index (χ1n) is 18.8. The van der Waals surface area contributed by atoms with Crippen LogP contribution in [-0.4, -0.2) is 79.0 Å². The van der Waals surface area contributed by atoms with Crippen molar-refractivity contribution in [1.29, 1.82) is 0 Å². The Labute approximate surface area is 304 Å². The number of alkyl halides is 1. The van der Waals surface area contributed by atoms with Gasteiger partial charge in [-0.05, 0) is 93.7 Å². The zero-order valence-corrected chi connectivity index (χ0v) is 32.1. The highest BCUT2D eigenvalue weighted by Crippen LogP contribution is 2.50. The molecule has 0 unspecified atom stereocenters. The Balaban J connectivity index is 1.11. The Morgan fingerprint density at radius 2 is 1.40 bits per heavy atom. The van der Waals surface area contributed by atoms with Gasteiger partial charge in [0.1, 0.15) is 13.7 Å². The molecule has 4 heterocycles. The third-order valence-electron chi connectivity index (χ3n) is 11.2. The van der Waals surface area contributed by atoms with Gasteiger partial charge in [0, 0.05) is 62.1 Å². The smallest absolute Gasteiger partial charge is 0.251 e. The molecule has 3 aromatic rings. The summed E-state index contributed by atoms with van der Waals surface area (Å²) in [6, 6.07) is 20.3. The first-order chi connectivity index (χ1) is 24.2. The third-order valence-corrected chi connectivity index (χ3v) is 15.0. The van der Waals surface area contributed by atoms with Gasteiger partial charge in [-0.15, -0.1) is 11.6 Å². The number of rotatable bonds is 15. The van der Waals surface area contributed by atoms with E-state index in [-0.39, 0.29) is 5.91 Å². The van der Waals surface area contributed by atoms with Crippen LogP contribution in [0.2, 0.25) is 13.1 Å². The number of amides is 1. The number of halogens is 1. The van der Waals surface area contributed by atoms with E-state index in [4.69, 9.17) is 25.8 Å². The van der Waals surface area contributed by atoms with E-state index in [0.29, 0.717) is 38.5 Å². The second-order valence-electron chi connectivity index (χ2n) is 15.5. The van der Waals surface area contributed by atoms with E-state index in [0.717, 1.165) is 87.3 Å². The highest BCUT2D eigenvalue weighted by molar-refractivity contribution is 7.01. The molecule has 0 aromatic heterocycles. The quantitative estimate of drug-likeness (QED) is 0.116. The molecule has 0 saturated carbocycles. The Morgan fingerprint density at radius 1 is 0.800 bits per heavy atom. The van der Waals surface area contributed by atoms with Gasteiger partial charge in [0.25, 0.3) is 5.91 Å². The number of ether oxygens (including phenoxy) is 3. The first kappa shape index (κ1) is 35.5. The van der Waals surface area contributed by atoms with E-state index in [9.17, 15) is 4.79 Å². The molecular formula is C41H54ClN3O4Si. The summed E-state index contributed by atoms with van der Waals surface area (Å²) in [5.41, 5.74) is 7.23. The molecule has 0 radical (unpaired) electrons. The number of nitrogens with one attached hydrogen (secondary N) is 1. The lowest BCUT2D eigenvalue weighted by atomic mass is 9.78. The van der Waals surface area contributed by atoms with Crippen LogP contribution in [-0.2, 0) is 26.4 Å². The molecule has 9 heteroatoms. The van der Waals surface area contributed by atoms with Gasteiger partial charge in [-0.1, -0.05) is 58.0 Å². The molecule has 4 aliphatic heterocycles. The molecule has 1 N–H and O–H groups in total. The number of benzene rings is 3. The van der Waals surface area contributed by atoms with Crippen molar-refractivity contribution >= 4 is 47.3 Å². The fourth-order valence-electron chi connectivity index (χ4n) is 8.41. The van der Waals surface area contributed by atoms with Crippen molar-refractivity contribution in [2.45, 2.75) is 64.8 Å². The molecule has 0 aliphatic carbocycles. The normalized spacial score (nSPS) is 18.7. The summed E-state index contributed by atoms with van der Waals surface area (Å²) in [5, 5.41) is 5.95. The number of anilines is 2. The zero-order chi connectivity index (χ0) is 34.9. The maximum absolute atomic E-state index is 13.5. The minimum Gasteiger partial charge on any atom is -0.379 e. The van der Waals surface area contributed by atoms with E-state index in [1.165, 1.54) is 32.9 Å². The van der Waals surface area contributed by atoms with Gasteiger partial charge < -0.3 is 29.3 Å². The van der Waals surface area contributed by atoms with Crippen LogP contribution in [0.1, 0.15) is 72.1 Å². The topological polar surface area (TPSA) is 63.3 Å². The molecule has 2 saturated heterocycles. The van der Waals surface area contributed by atoms with Crippen LogP contribution in [0.15, 0.2) is 54.6 Å². The SMILES string of the molecule is CC1CN(c2ccc3c(c2)[Si](C)(C)c2cc(N4CC(C)C4)ccc2C32OCc3ccc(C(=O)NCCOCCOCCCCCCCl)cc32)C1. The van der Waals surface area contributed by atoms with Crippen LogP contribution in [0.25, 0.3) is 0 Å². The standard InChI is InChI=1S/C41H54ClN3O4Si/c1-29-24-44(25-29)33-11-13-35-38(22-33)50(3,4)39-23-34(45-26-30(2)27-45)12-14-36(39)41(35)37-21-31(9-10-32(37)28-49-41)40(46)43-16-18-48-20-19-47-17-8-6-5-7-15-42/h9-14,21-23,29-30H,5-8,15-20,24-28H2,1-4H3,(H,43,46). The third kappa shape index (κ3) is 6.74. The van der Waals surface area contributed by atoms with E-state index in [1.807, 2.05) is 6.07 Å². The summed E-state index contributed by atoms with van der Waals surface area (Å²) in [5.74, 6) is 2.09. The van der Waals surface area contributed by atoms with Gasteiger partial charge in [0.05, 0.1) is 26.4 Å². The molecule has 7 nitrogen and oxygen atoms in total. The molecule has 3 aromatic carbocycles. The fourth-order valence-corrected chi connectivity index (χ4v) is 11.8. The largest absolute Gasteiger partial charge is 0.379 e. The molecule has 1 spiro atoms. The van der Waals surface area contributed by atoms with Crippen molar-refractivity contribution in [1.82, 2.24) is 5.32 Å². The molecule has 0 bridgehead atoms. The number of hydrogen-bond donors (Lipinski definition) is 1. The number of carbonyl (C=O) groups is 1. The summed E-state index contributed by atoms with van der Waals surface area (Å²) >= 11 is 5.74. The van der Waals surface area contributed by atoms with Crippen molar-refractivity contribution in [3.8, 4) is 0 Å². The lowest BCUT2D eigenvalue weighted by Crippen LogP contribution is -2.63. The molecule has 268 valence electrons. The average molecular weight is 716 g/mol. The summed E-state index contributed by atoms with van der Waals surface area (Å²) in [6.07, 6.45) is 4.41. The highest BCUT2D eigenvalue weighted by atomic mass is 35.5. The van der Waals surface area contributed by atoms with Gasteiger partial charge in [-0.3, -0.25) is 4.79 Å². The van der Waals surface area contributed by atoms with E-state index in [2.05, 4.69) is 90.6 Å². The lowest BCUT2D eigenvalue weighted by Gasteiger charge is -2.47. The number of unbranched alkanes of at least 4 members (excludes halogenated alkanes) is 3. The fraction of sp³-hybridized carbons (Fsp3) is 0.537. The summed E-state index contributed by atoms with van der Waals surface area (Å²) in [7, 11) is -2.13. The van der Waals surface area contributed by atoms with Crippen LogP contribution < -0.4 is 25.5 Å². The maximum atomic E-state index is 13.5. The second-order valence-corrected chi connectivity index (χ2v) is 20.2. The highest BCUT2D eigenvalue weighted by Gasteiger charge is 2.53. The van der Waals surface area contributed by atoms with Crippen molar-refractivity contribution < 1.29 is 19.0 Å². The van der Waals surface area contributed by atoms with Gasteiger partial charge in [0.2, 0.25) is 0 Å². The molecule has 50 heavy (non-hydrogen) atoms. The molecule has 0 atom stereocenters. The average Bonchev–Trinajstić information content (AvgIpc) is 3.47. The Morgan fingerprint density at radius 3 is 2.00 bits per heavy atom. The van der Waals surface area contributed by atoms with Crippen molar-refractivity contribution in [2.75, 3.05) is 74.8 Å². The Bertz CT molecular complexity index is 1610. The first-order valence-corrected chi connectivity index (χ1v) is 22.3. The predicted octanol–water partition coefficient (Wildman–Crippen LogP) is 6.12. The Kier molecular flexibility index (Phi) is 10.7. The van der Waals surface area contributed by atoms with Gasteiger partial charge in [0.15, 0.2) is 0 Å². The van der Waals surface area contributed by atoms with Gasteiger partial charge in [-0.25, -0.2) is 0 Å². The second kappa shape index (κ2) is 15.0. The number of hydrogen-bond acceptors (Lipinski definition) is 6. The minimum absolute atomic E-state index is 0.0953. The molecule has 4 aliphatic rings. The number of nitrogens with zero attached hydrogens (tertiary/aromatic N) is 2. The lowest BCUT2D eigenvalue weighted by molar-refractivity contribution is 0.0276. The summed E-state index contributed by atoms with van der Waals surface area (Å²) in [6.45, 7) is 17.3. The van der Waals surface area contributed by atoms with Crippen LogP contribution in [0, 0.1) is 11.8 Å². The number of fused-ring (bicyclic) bond motifs is 6. The van der Waals surface area contributed by atoms with Crippen LogP contribution in [0.3, 0.4) is 0 Å². The van der Waals surface area contributed by atoms with Crippen molar-refractivity contribution in [2.24, 2.45) is 11.8 Å². The van der Waals surface area contributed by atoms with Crippen molar-refractivity contribution in [3.63, 3.8) is 0 Å². The maximum Gasteiger partial charge on any atom is 0.251 e. The molecule has 2 fully saturated rings. The molecular weight excluding hydrogens is 662 g/mol. The Hall–Kier alpha value is -2.88.